The van der Waals surface area contributed by atoms with E-state index in [1.165, 1.54) is 0 Å². The lowest BCUT2D eigenvalue weighted by Gasteiger charge is -2.11. The third kappa shape index (κ3) is 3.54. The Morgan fingerprint density at radius 1 is 1.09 bits per heavy atom. The SMILES string of the molecule is Cc1ccc(C(=O)NC2CC2)cc1-c1ccc2c(cnn2S(=O)(=O)c2ccc3c(c2)CCO3)c1. The van der Waals surface area contributed by atoms with Crippen molar-refractivity contribution in [3.05, 3.63) is 77.5 Å². The van der Waals surface area contributed by atoms with Gasteiger partial charge in [0.15, 0.2) is 0 Å². The van der Waals surface area contributed by atoms with Crippen molar-refractivity contribution in [2.45, 2.75) is 37.1 Å². The summed E-state index contributed by atoms with van der Waals surface area (Å²) in [5.41, 5.74) is 4.87. The molecular weight excluding hydrogens is 450 g/mol. The van der Waals surface area contributed by atoms with Crippen LogP contribution in [0.15, 0.2) is 65.7 Å². The van der Waals surface area contributed by atoms with Gasteiger partial charge in [0, 0.05) is 23.4 Å². The van der Waals surface area contributed by atoms with E-state index in [0.717, 1.165) is 44.9 Å². The molecule has 0 bridgehead atoms. The van der Waals surface area contributed by atoms with Crippen molar-refractivity contribution in [1.82, 2.24) is 14.5 Å². The van der Waals surface area contributed by atoms with E-state index >= 15 is 0 Å². The topological polar surface area (TPSA) is 90.3 Å². The van der Waals surface area contributed by atoms with E-state index in [-0.39, 0.29) is 10.8 Å². The van der Waals surface area contributed by atoms with Gasteiger partial charge in [0.05, 0.1) is 23.2 Å². The predicted molar refractivity (Wildman–Crippen MR) is 129 cm³/mol. The molecule has 8 heteroatoms. The molecule has 1 aliphatic heterocycles. The number of amides is 1. The van der Waals surface area contributed by atoms with Gasteiger partial charge >= 0.3 is 0 Å². The molecule has 3 aromatic carbocycles. The Bertz CT molecular complexity index is 1570. The van der Waals surface area contributed by atoms with Gasteiger partial charge in [-0.15, -0.1) is 0 Å². The van der Waals surface area contributed by atoms with Gasteiger partial charge in [0.25, 0.3) is 15.9 Å². The van der Waals surface area contributed by atoms with E-state index in [0.29, 0.717) is 35.5 Å². The number of aromatic nitrogens is 2. The molecule has 34 heavy (non-hydrogen) atoms. The van der Waals surface area contributed by atoms with Crippen molar-refractivity contribution in [1.29, 1.82) is 0 Å². The van der Waals surface area contributed by atoms with Crippen LogP contribution in [0, 0.1) is 6.92 Å². The molecule has 6 rings (SSSR count). The van der Waals surface area contributed by atoms with Crippen molar-refractivity contribution < 1.29 is 17.9 Å². The minimum atomic E-state index is -3.86. The molecule has 0 unspecified atom stereocenters. The van der Waals surface area contributed by atoms with Gasteiger partial charge in [-0.2, -0.15) is 17.6 Å². The molecule has 7 nitrogen and oxygen atoms in total. The van der Waals surface area contributed by atoms with E-state index in [1.54, 1.807) is 30.5 Å². The zero-order chi connectivity index (χ0) is 23.4. The molecular formula is C26H23N3O4S. The van der Waals surface area contributed by atoms with Crippen LogP contribution in [0.4, 0.5) is 0 Å². The zero-order valence-corrected chi connectivity index (χ0v) is 19.4. The van der Waals surface area contributed by atoms with Crippen molar-refractivity contribution in [2.75, 3.05) is 6.61 Å². The fourth-order valence-corrected chi connectivity index (χ4v) is 5.69. The smallest absolute Gasteiger partial charge is 0.283 e. The highest BCUT2D eigenvalue weighted by atomic mass is 32.2. The summed E-state index contributed by atoms with van der Waals surface area (Å²) >= 11 is 0. The van der Waals surface area contributed by atoms with Crippen molar-refractivity contribution in [2.24, 2.45) is 0 Å². The number of carbonyl (C=O) groups is 1. The number of aryl methyl sites for hydroxylation is 1. The van der Waals surface area contributed by atoms with Crippen LogP contribution in [-0.4, -0.2) is 36.2 Å². The molecule has 1 saturated carbocycles. The first-order valence-corrected chi connectivity index (χ1v) is 12.8. The second-order valence-electron chi connectivity index (χ2n) is 8.91. The maximum absolute atomic E-state index is 13.3. The van der Waals surface area contributed by atoms with Crippen LogP contribution < -0.4 is 10.1 Å². The molecule has 4 aromatic rings. The van der Waals surface area contributed by atoms with E-state index in [9.17, 15) is 13.2 Å². The number of benzene rings is 3. The minimum Gasteiger partial charge on any atom is -0.493 e. The first kappa shape index (κ1) is 20.9. The number of hydrogen-bond donors (Lipinski definition) is 1. The van der Waals surface area contributed by atoms with Gasteiger partial charge in [-0.1, -0.05) is 12.1 Å². The van der Waals surface area contributed by atoms with Crippen molar-refractivity contribution in [3.63, 3.8) is 0 Å². The first-order chi connectivity index (χ1) is 16.4. The normalized spacial score (nSPS) is 15.2. The summed E-state index contributed by atoms with van der Waals surface area (Å²) in [5.74, 6) is 0.667. The molecule has 0 radical (unpaired) electrons. The van der Waals surface area contributed by atoms with Crippen molar-refractivity contribution in [3.8, 4) is 16.9 Å². The Morgan fingerprint density at radius 2 is 1.94 bits per heavy atom. The van der Waals surface area contributed by atoms with E-state index in [1.807, 2.05) is 37.3 Å². The molecule has 1 fully saturated rings. The monoisotopic (exact) mass is 473 g/mol. The zero-order valence-electron chi connectivity index (χ0n) is 18.6. The Morgan fingerprint density at radius 3 is 2.76 bits per heavy atom. The third-order valence-electron chi connectivity index (χ3n) is 6.45. The number of ether oxygens (including phenoxy) is 1. The standard InChI is InChI=1S/C26H23N3O4S/c1-16-2-3-19(26(30)28-21-5-6-21)14-23(16)17-4-8-24-20(12-17)15-27-29(24)34(31,32)22-7-9-25-18(13-22)10-11-33-25/h2-4,7-9,12-15,21H,5-6,10-11H2,1H3,(H,28,30). The third-order valence-corrected chi connectivity index (χ3v) is 8.04. The molecule has 1 amide bonds. The minimum absolute atomic E-state index is 0.0662. The van der Waals surface area contributed by atoms with Crippen LogP contribution in [0.5, 0.6) is 5.75 Å². The van der Waals surface area contributed by atoms with Crippen LogP contribution >= 0.6 is 0 Å². The second-order valence-corrected chi connectivity index (χ2v) is 10.7. The fourth-order valence-electron chi connectivity index (χ4n) is 4.36. The Kier molecular flexibility index (Phi) is 4.74. The summed E-state index contributed by atoms with van der Waals surface area (Å²) in [4.78, 5) is 12.7. The van der Waals surface area contributed by atoms with Gasteiger partial charge in [0.2, 0.25) is 0 Å². The largest absolute Gasteiger partial charge is 0.493 e. The fraction of sp³-hybridized carbons (Fsp3) is 0.231. The van der Waals surface area contributed by atoms with Crippen LogP contribution in [0.1, 0.15) is 34.3 Å². The second kappa shape index (κ2) is 7.70. The molecule has 2 aliphatic rings. The predicted octanol–water partition coefficient (Wildman–Crippen LogP) is 4.08. The Labute approximate surface area is 197 Å². The highest BCUT2D eigenvalue weighted by Crippen LogP contribution is 2.32. The molecule has 0 atom stereocenters. The molecule has 1 aromatic heterocycles. The average Bonchev–Trinajstić information content (AvgIpc) is 3.34. The van der Waals surface area contributed by atoms with E-state index in [4.69, 9.17) is 4.74 Å². The summed E-state index contributed by atoms with van der Waals surface area (Å²) in [5, 5.41) is 7.94. The maximum Gasteiger partial charge on any atom is 0.283 e. The van der Waals surface area contributed by atoms with Crippen molar-refractivity contribution >= 4 is 26.8 Å². The maximum atomic E-state index is 13.3. The van der Waals surface area contributed by atoms with Crippen LogP contribution in [0.25, 0.3) is 22.0 Å². The lowest BCUT2D eigenvalue weighted by molar-refractivity contribution is 0.0951. The quantitative estimate of drug-likeness (QED) is 0.472. The summed E-state index contributed by atoms with van der Waals surface area (Å²) in [7, 11) is -3.86. The van der Waals surface area contributed by atoms with Gasteiger partial charge in [-0.05, 0) is 84.5 Å². The summed E-state index contributed by atoms with van der Waals surface area (Å²) in [6.45, 7) is 2.56. The number of hydrogen-bond acceptors (Lipinski definition) is 5. The molecule has 0 spiro atoms. The van der Waals surface area contributed by atoms with Gasteiger partial charge in [-0.25, -0.2) is 0 Å². The highest BCUT2D eigenvalue weighted by molar-refractivity contribution is 7.90. The number of nitrogens with one attached hydrogen (secondary N) is 1. The number of nitrogens with zero attached hydrogens (tertiary/aromatic N) is 2. The van der Waals surface area contributed by atoms with Crippen LogP contribution in [0.2, 0.25) is 0 Å². The Hall–Kier alpha value is -3.65. The molecule has 172 valence electrons. The molecule has 0 saturated heterocycles. The summed E-state index contributed by atoms with van der Waals surface area (Å²) in [6, 6.07) is 16.4. The average molecular weight is 474 g/mol. The highest BCUT2D eigenvalue weighted by Gasteiger charge is 2.25. The van der Waals surface area contributed by atoms with Gasteiger partial charge in [-0.3, -0.25) is 4.79 Å². The molecule has 2 heterocycles. The lowest BCUT2D eigenvalue weighted by atomic mass is 9.97. The number of fused-ring (bicyclic) bond motifs is 2. The first-order valence-electron chi connectivity index (χ1n) is 11.3. The Balaban J connectivity index is 1.37. The van der Waals surface area contributed by atoms with Crippen LogP contribution in [-0.2, 0) is 16.4 Å². The number of rotatable bonds is 5. The molecule has 1 N–H and O–H groups in total. The lowest BCUT2D eigenvalue weighted by Crippen LogP contribution is -2.25. The van der Waals surface area contributed by atoms with E-state index in [2.05, 4.69) is 10.4 Å². The van der Waals surface area contributed by atoms with Crippen LogP contribution in [0.3, 0.4) is 0 Å². The number of carbonyl (C=O) groups excluding carboxylic acids is 1. The van der Waals surface area contributed by atoms with E-state index < -0.39 is 10.0 Å². The summed E-state index contributed by atoms with van der Waals surface area (Å²) in [6.07, 6.45) is 4.32. The van der Waals surface area contributed by atoms with Gasteiger partial charge < -0.3 is 10.1 Å². The summed E-state index contributed by atoms with van der Waals surface area (Å²) < 4.78 is 33.3. The van der Waals surface area contributed by atoms with Gasteiger partial charge in [0.1, 0.15) is 5.75 Å². The molecule has 1 aliphatic carbocycles.